The molecule has 0 fully saturated rings. The van der Waals surface area contributed by atoms with Gasteiger partial charge in [-0.2, -0.15) is 0 Å². The van der Waals surface area contributed by atoms with Crippen LogP contribution in [0.25, 0.3) is 11.1 Å². The van der Waals surface area contributed by atoms with Crippen molar-refractivity contribution in [3.8, 4) is 11.1 Å². The molecule has 0 spiro atoms. The number of fused-ring (bicyclic) bond motifs is 3. The molecule has 3 rings (SSSR count). The lowest BCUT2D eigenvalue weighted by Gasteiger charge is -2.35. The zero-order valence-corrected chi connectivity index (χ0v) is 19.9. The van der Waals surface area contributed by atoms with Crippen LogP contribution in [0.4, 0.5) is 4.79 Å². The van der Waals surface area contributed by atoms with Crippen molar-refractivity contribution in [1.82, 2.24) is 9.80 Å². The second-order valence-corrected chi connectivity index (χ2v) is 8.60. The SMILES string of the molecule is CCOC(=O)N(C)C[C@@H]1OCc2ccccc2-c2ccccc2C(=O)N([C@@H](C)CO)C[C@H]1C. The van der Waals surface area contributed by atoms with E-state index in [0.717, 1.165) is 16.7 Å². The Morgan fingerprint density at radius 3 is 2.48 bits per heavy atom. The van der Waals surface area contributed by atoms with Gasteiger partial charge in [-0.15, -0.1) is 0 Å². The number of hydrogen-bond acceptors (Lipinski definition) is 5. The van der Waals surface area contributed by atoms with Gasteiger partial charge < -0.3 is 24.4 Å². The molecule has 1 aliphatic heterocycles. The third kappa shape index (κ3) is 5.72. The summed E-state index contributed by atoms with van der Waals surface area (Å²) in [4.78, 5) is 29.2. The maximum Gasteiger partial charge on any atom is 0.409 e. The molecule has 0 aromatic heterocycles. The Morgan fingerprint density at radius 2 is 1.82 bits per heavy atom. The summed E-state index contributed by atoms with van der Waals surface area (Å²) in [7, 11) is 1.68. The van der Waals surface area contributed by atoms with Crippen molar-refractivity contribution >= 4 is 12.0 Å². The van der Waals surface area contributed by atoms with Gasteiger partial charge in [0.05, 0.1) is 38.5 Å². The van der Waals surface area contributed by atoms with Gasteiger partial charge in [0.25, 0.3) is 5.91 Å². The second kappa shape index (κ2) is 11.3. The molecule has 1 aliphatic rings. The number of likely N-dealkylation sites (N-methyl/N-ethyl adjacent to an activating group) is 1. The largest absolute Gasteiger partial charge is 0.450 e. The number of aliphatic hydroxyl groups is 1. The van der Waals surface area contributed by atoms with Gasteiger partial charge in [0.2, 0.25) is 0 Å². The summed E-state index contributed by atoms with van der Waals surface area (Å²) < 4.78 is 11.5. The first-order chi connectivity index (χ1) is 15.9. The average molecular weight is 455 g/mol. The molecule has 1 heterocycles. The van der Waals surface area contributed by atoms with Crippen molar-refractivity contribution in [3.05, 3.63) is 59.7 Å². The predicted molar refractivity (Wildman–Crippen MR) is 127 cm³/mol. The van der Waals surface area contributed by atoms with Gasteiger partial charge in [0.1, 0.15) is 0 Å². The van der Waals surface area contributed by atoms with E-state index in [4.69, 9.17) is 9.47 Å². The van der Waals surface area contributed by atoms with Crippen molar-refractivity contribution in [2.24, 2.45) is 5.92 Å². The van der Waals surface area contributed by atoms with Crippen molar-refractivity contribution in [2.45, 2.75) is 39.5 Å². The fraction of sp³-hybridized carbons (Fsp3) is 0.462. The van der Waals surface area contributed by atoms with Gasteiger partial charge in [-0.25, -0.2) is 4.79 Å². The Morgan fingerprint density at radius 1 is 1.18 bits per heavy atom. The maximum absolute atomic E-state index is 13.7. The Labute approximate surface area is 195 Å². The summed E-state index contributed by atoms with van der Waals surface area (Å²) >= 11 is 0. The first-order valence-corrected chi connectivity index (χ1v) is 11.5. The van der Waals surface area contributed by atoms with Crippen LogP contribution in [-0.2, 0) is 16.1 Å². The van der Waals surface area contributed by atoms with E-state index in [1.807, 2.05) is 62.4 Å². The first-order valence-electron chi connectivity index (χ1n) is 11.5. The summed E-state index contributed by atoms with van der Waals surface area (Å²) in [6.07, 6.45) is -0.748. The van der Waals surface area contributed by atoms with Crippen LogP contribution in [0, 0.1) is 5.92 Å². The number of carbonyl (C=O) groups is 2. The molecule has 2 aromatic carbocycles. The minimum absolute atomic E-state index is 0.0998. The van der Waals surface area contributed by atoms with Gasteiger partial charge >= 0.3 is 6.09 Å². The molecule has 0 unspecified atom stereocenters. The zero-order valence-electron chi connectivity index (χ0n) is 19.9. The number of benzene rings is 2. The molecule has 3 atom stereocenters. The van der Waals surface area contributed by atoms with Gasteiger partial charge in [-0.05, 0) is 36.6 Å². The molecule has 7 heteroatoms. The lowest BCUT2D eigenvalue weighted by atomic mass is 9.94. The van der Waals surface area contributed by atoms with Crippen LogP contribution in [0.5, 0.6) is 0 Å². The summed E-state index contributed by atoms with van der Waals surface area (Å²) in [6, 6.07) is 15.1. The number of amides is 2. The van der Waals surface area contributed by atoms with Crippen molar-refractivity contribution in [1.29, 1.82) is 0 Å². The summed E-state index contributed by atoms with van der Waals surface area (Å²) in [6.45, 7) is 6.81. The normalized spacial score (nSPS) is 19.7. The molecule has 2 aromatic rings. The van der Waals surface area contributed by atoms with E-state index in [-0.39, 0.29) is 30.6 Å². The van der Waals surface area contributed by atoms with Crippen molar-refractivity contribution < 1.29 is 24.2 Å². The van der Waals surface area contributed by atoms with Crippen LogP contribution in [0.2, 0.25) is 0 Å². The molecule has 0 radical (unpaired) electrons. The molecule has 2 amide bonds. The number of carbonyl (C=O) groups excluding carboxylic acids is 2. The van der Waals surface area contributed by atoms with E-state index >= 15 is 0 Å². The minimum Gasteiger partial charge on any atom is -0.450 e. The highest BCUT2D eigenvalue weighted by atomic mass is 16.6. The lowest BCUT2D eigenvalue weighted by molar-refractivity contribution is -0.0227. The fourth-order valence-corrected chi connectivity index (χ4v) is 4.13. The first kappa shape index (κ1) is 24.7. The van der Waals surface area contributed by atoms with Crippen LogP contribution in [0.3, 0.4) is 0 Å². The Hall–Kier alpha value is -2.90. The third-order valence-electron chi connectivity index (χ3n) is 6.13. The van der Waals surface area contributed by atoms with Crippen LogP contribution in [0.1, 0.15) is 36.7 Å². The zero-order chi connectivity index (χ0) is 24.0. The number of nitrogens with zero attached hydrogens (tertiary/aromatic N) is 2. The average Bonchev–Trinajstić information content (AvgIpc) is 2.85. The number of ether oxygens (including phenoxy) is 2. The molecule has 33 heavy (non-hydrogen) atoms. The Balaban J connectivity index is 2.04. The van der Waals surface area contributed by atoms with E-state index in [0.29, 0.717) is 31.9 Å². The molecule has 0 saturated heterocycles. The molecule has 178 valence electrons. The van der Waals surface area contributed by atoms with Crippen molar-refractivity contribution in [2.75, 3.05) is 33.4 Å². The summed E-state index contributed by atoms with van der Waals surface area (Å²) in [5, 5.41) is 9.89. The smallest absolute Gasteiger partial charge is 0.409 e. The van der Waals surface area contributed by atoms with Gasteiger partial charge in [0.15, 0.2) is 0 Å². The van der Waals surface area contributed by atoms with E-state index in [9.17, 15) is 14.7 Å². The molecule has 1 N–H and O–H groups in total. The Bertz CT molecular complexity index is 963. The van der Waals surface area contributed by atoms with E-state index < -0.39 is 6.09 Å². The van der Waals surface area contributed by atoms with E-state index in [2.05, 4.69) is 0 Å². The maximum atomic E-state index is 13.7. The molecular formula is C26H34N2O5. The molecule has 7 nitrogen and oxygen atoms in total. The highest BCUT2D eigenvalue weighted by molar-refractivity contribution is 6.01. The molecule has 0 bridgehead atoms. The Kier molecular flexibility index (Phi) is 8.47. The molecule has 0 saturated carbocycles. The predicted octanol–water partition coefficient (Wildman–Crippen LogP) is 3.80. The molecular weight excluding hydrogens is 420 g/mol. The van der Waals surface area contributed by atoms with Gasteiger partial charge in [-0.1, -0.05) is 49.4 Å². The monoisotopic (exact) mass is 454 g/mol. The summed E-state index contributed by atoms with van der Waals surface area (Å²) in [5.41, 5.74) is 3.34. The third-order valence-corrected chi connectivity index (χ3v) is 6.13. The molecule has 0 aliphatic carbocycles. The lowest BCUT2D eigenvalue weighted by Crippen LogP contribution is -2.47. The standard InChI is InChI=1S/C26H34N2O5/c1-5-32-26(31)27(4)15-24-18(2)14-28(19(3)16-29)25(30)23-13-9-8-12-22(23)21-11-7-6-10-20(21)17-33-24/h6-13,18-19,24,29H,5,14-17H2,1-4H3/t18-,19+,24+/m1/s1. The highest BCUT2D eigenvalue weighted by Gasteiger charge is 2.31. The van der Waals surface area contributed by atoms with Gasteiger partial charge in [-0.3, -0.25) is 4.79 Å². The fourth-order valence-electron chi connectivity index (χ4n) is 4.13. The highest BCUT2D eigenvalue weighted by Crippen LogP contribution is 2.31. The van der Waals surface area contributed by atoms with Gasteiger partial charge in [0, 0.05) is 25.1 Å². The van der Waals surface area contributed by atoms with Crippen molar-refractivity contribution in [3.63, 3.8) is 0 Å². The quantitative estimate of drug-likeness (QED) is 0.744. The number of aliphatic hydroxyl groups excluding tert-OH is 1. The topological polar surface area (TPSA) is 79.3 Å². The minimum atomic E-state index is -0.410. The van der Waals surface area contributed by atoms with Crippen LogP contribution in [0.15, 0.2) is 48.5 Å². The second-order valence-electron chi connectivity index (χ2n) is 8.60. The summed E-state index contributed by atoms with van der Waals surface area (Å²) in [5.74, 6) is -0.231. The van der Waals surface area contributed by atoms with Crippen LogP contribution < -0.4 is 0 Å². The number of hydrogen-bond donors (Lipinski definition) is 1. The van der Waals surface area contributed by atoms with Crippen LogP contribution in [-0.4, -0.2) is 72.4 Å². The number of rotatable bonds is 5. The van der Waals surface area contributed by atoms with E-state index in [1.165, 1.54) is 4.90 Å². The van der Waals surface area contributed by atoms with Crippen LogP contribution >= 0.6 is 0 Å². The van der Waals surface area contributed by atoms with E-state index in [1.54, 1.807) is 18.9 Å².